The molecule has 0 aliphatic rings. The van der Waals surface area contributed by atoms with Crippen molar-refractivity contribution in [2.75, 3.05) is 24.3 Å². The van der Waals surface area contributed by atoms with Crippen molar-refractivity contribution in [3.63, 3.8) is 0 Å². The van der Waals surface area contributed by atoms with E-state index in [2.05, 4.69) is 10.3 Å². The van der Waals surface area contributed by atoms with Gasteiger partial charge < -0.3 is 14.8 Å². The number of anilines is 2. The number of amides is 1. The number of thioether (sulfide) groups is 1. The first-order chi connectivity index (χ1) is 13.3. The number of carbonyl (C=O) groups excluding carboxylic acids is 1. The highest BCUT2D eigenvalue weighted by Crippen LogP contribution is 2.29. The van der Waals surface area contributed by atoms with E-state index in [1.165, 1.54) is 23.6 Å². The van der Waals surface area contributed by atoms with Crippen LogP contribution < -0.4 is 10.2 Å². The summed E-state index contributed by atoms with van der Waals surface area (Å²) in [7, 11) is 2.98. The van der Waals surface area contributed by atoms with Crippen LogP contribution in [0.5, 0.6) is 0 Å². The molecule has 0 spiro atoms. The highest BCUT2D eigenvalue weighted by atomic mass is 32.2. The number of hydrogen-bond acceptors (Lipinski definition) is 4. The van der Waals surface area contributed by atoms with Gasteiger partial charge in [-0.05, 0) is 36.0 Å². The van der Waals surface area contributed by atoms with E-state index in [0.717, 1.165) is 12.1 Å². The fourth-order valence-corrected chi connectivity index (χ4v) is 3.39. The zero-order chi connectivity index (χ0) is 20.4. The molecule has 0 saturated carbocycles. The summed E-state index contributed by atoms with van der Waals surface area (Å²) in [4.78, 5) is 17.8. The second-order valence-electron chi connectivity index (χ2n) is 6.08. The van der Waals surface area contributed by atoms with Gasteiger partial charge in [0.25, 0.3) is 5.76 Å². The summed E-state index contributed by atoms with van der Waals surface area (Å²) >= 11 is 0.222. The Kier molecular flexibility index (Phi) is 5.78. The Morgan fingerprint density at radius 3 is 2.46 bits per heavy atom. The maximum atomic E-state index is 14.1. The van der Waals surface area contributed by atoms with Gasteiger partial charge in [-0.3, -0.25) is 4.79 Å². The van der Waals surface area contributed by atoms with Gasteiger partial charge >= 0.3 is 0 Å². The summed E-state index contributed by atoms with van der Waals surface area (Å²) in [5, 5.41) is 2.37. The zero-order valence-electron chi connectivity index (χ0n) is 14.9. The number of aromatic nitrogens is 2. The predicted molar refractivity (Wildman–Crippen MR) is 101 cm³/mol. The van der Waals surface area contributed by atoms with Gasteiger partial charge in [-0.1, -0.05) is 12.1 Å². The van der Waals surface area contributed by atoms with E-state index in [1.807, 2.05) is 0 Å². The summed E-state index contributed by atoms with van der Waals surface area (Å²) in [5.41, 5.74) is 0.666. The van der Waals surface area contributed by atoms with Crippen molar-refractivity contribution in [2.24, 2.45) is 0 Å². The number of halogens is 4. The average molecular weight is 412 g/mol. The lowest BCUT2D eigenvalue weighted by molar-refractivity contribution is -0.116. The molecule has 28 heavy (non-hydrogen) atoms. The lowest BCUT2D eigenvalue weighted by Crippen LogP contribution is -2.20. The molecular weight excluding hydrogens is 396 g/mol. The number of para-hydroxylation sites is 2. The van der Waals surface area contributed by atoms with Crippen LogP contribution >= 0.6 is 11.8 Å². The summed E-state index contributed by atoms with van der Waals surface area (Å²) in [5.74, 6) is -5.00. The van der Waals surface area contributed by atoms with Crippen LogP contribution in [0.1, 0.15) is 0 Å². The molecule has 0 radical (unpaired) electrons. The minimum atomic E-state index is -2.71. The Bertz CT molecular complexity index is 999. The van der Waals surface area contributed by atoms with Crippen molar-refractivity contribution in [3.05, 3.63) is 48.0 Å². The van der Waals surface area contributed by atoms with Crippen LogP contribution in [0, 0.1) is 11.6 Å². The third-order valence-electron chi connectivity index (χ3n) is 3.86. The number of nitrogens with zero attached hydrogens (tertiary/aromatic N) is 3. The standard InChI is InChI=1S/C18H16F4N4OS/c1-25(2)16-11(19)7-10(8-12(16)20)23-15(27)9-26-14-6-4-3-5-13(14)24-18(26)28-17(21)22/h3-8,17H,9H2,1-2H3,(H,23,27). The first-order valence-corrected chi connectivity index (χ1v) is 9.00. The SMILES string of the molecule is CN(C)c1c(F)cc(NC(=O)Cn2c(SC(F)F)nc3ccccc32)cc1F. The zero-order valence-corrected chi connectivity index (χ0v) is 15.7. The quantitative estimate of drug-likeness (QED) is 0.484. The number of hydrogen-bond donors (Lipinski definition) is 1. The number of carbonyl (C=O) groups is 1. The second-order valence-corrected chi connectivity index (χ2v) is 7.04. The third-order valence-corrected chi connectivity index (χ3v) is 4.56. The number of benzene rings is 2. The lowest BCUT2D eigenvalue weighted by atomic mass is 10.2. The Morgan fingerprint density at radius 1 is 1.21 bits per heavy atom. The van der Waals surface area contributed by atoms with E-state index in [9.17, 15) is 22.4 Å². The molecule has 1 N–H and O–H groups in total. The molecule has 3 rings (SSSR count). The molecule has 0 aliphatic heterocycles. The molecule has 3 aromatic rings. The van der Waals surface area contributed by atoms with E-state index in [0.29, 0.717) is 11.0 Å². The maximum Gasteiger partial charge on any atom is 0.291 e. The Morgan fingerprint density at radius 2 is 1.86 bits per heavy atom. The molecule has 0 bridgehead atoms. The Labute approximate surface area is 162 Å². The molecule has 0 fully saturated rings. The van der Waals surface area contributed by atoms with E-state index < -0.39 is 23.3 Å². The van der Waals surface area contributed by atoms with Crippen molar-refractivity contribution in [2.45, 2.75) is 17.5 Å². The lowest BCUT2D eigenvalue weighted by Gasteiger charge is -2.16. The van der Waals surface area contributed by atoms with Gasteiger partial charge in [0.15, 0.2) is 16.8 Å². The van der Waals surface area contributed by atoms with Gasteiger partial charge in [-0.2, -0.15) is 8.78 Å². The molecule has 1 amide bonds. The third kappa shape index (κ3) is 4.22. The van der Waals surface area contributed by atoms with Crippen molar-refractivity contribution in [1.82, 2.24) is 9.55 Å². The van der Waals surface area contributed by atoms with Gasteiger partial charge in [0.05, 0.1) is 11.0 Å². The topological polar surface area (TPSA) is 50.2 Å². The monoisotopic (exact) mass is 412 g/mol. The fraction of sp³-hybridized carbons (Fsp3) is 0.222. The van der Waals surface area contributed by atoms with Gasteiger partial charge in [-0.25, -0.2) is 13.8 Å². The molecular formula is C18H16F4N4OS. The van der Waals surface area contributed by atoms with Crippen LogP contribution in [-0.2, 0) is 11.3 Å². The van der Waals surface area contributed by atoms with Crippen LogP contribution in [0.4, 0.5) is 28.9 Å². The summed E-state index contributed by atoms with van der Waals surface area (Å²) in [6.07, 6.45) is 0. The first-order valence-electron chi connectivity index (χ1n) is 8.12. The molecule has 0 aliphatic carbocycles. The van der Waals surface area contributed by atoms with Gasteiger partial charge in [0, 0.05) is 19.8 Å². The van der Waals surface area contributed by atoms with E-state index in [4.69, 9.17) is 0 Å². The number of fused-ring (bicyclic) bond motifs is 1. The van der Waals surface area contributed by atoms with Crippen LogP contribution in [0.15, 0.2) is 41.6 Å². The molecule has 1 aromatic heterocycles. The molecule has 148 valence electrons. The van der Waals surface area contributed by atoms with E-state index >= 15 is 0 Å². The first kappa shape index (κ1) is 20.0. The fourth-order valence-electron chi connectivity index (χ4n) is 2.78. The molecule has 0 unspecified atom stereocenters. The number of rotatable bonds is 6. The minimum absolute atomic E-state index is 0.0216. The summed E-state index contributed by atoms with van der Waals surface area (Å²) < 4.78 is 55.1. The smallest absolute Gasteiger partial charge is 0.291 e. The van der Waals surface area contributed by atoms with Crippen molar-refractivity contribution < 1.29 is 22.4 Å². The van der Waals surface area contributed by atoms with Crippen molar-refractivity contribution in [1.29, 1.82) is 0 Å². The van der Waals surface area contributed by atoms with Crippen LogP contribution in [-0.4, -0.2) is 35.3 Å². The number of imidazole rings is 1. The summed E-state index contributed by atoms with van der Waals surface area (Å²) in [6.45, 7) is -0.339. The molecule has 0 saturated heterocycles. The normalized spacial score (nSPS) is 11.2. The highest BCUT2D eigenvalue weighted by Gasteiger charge is 2.19. The second kappa shape index (κ2) is 8.09. The number of alkyl halides is 2. The predicted octanol–water partition coefficient (Wildman–Crippen LogP) is 4.33. The molecule has 0 atom stereocenters. The highest BCUT2D eigenvalue weighted by molar-refractivity contribution is 7.99. The Hall–Kier alpha value is -2.75. The van der Waals surface area contributed by atoms with Crippen LogP contribution in [0.3, 0.4) is 0 Å². The molecule has 2 aromatic carbocycles. The van der Waals surface area contributed by atoms with E-state index in [1.54, 1.807) is 24.3 Å². The molecule has 1 heterocycles. The maximum absolute atomic E-state index is 14.1. The largest absolute Gasteiger partial charge is 0.373 e. The average Bonchev–Trinajstić information content (AvgIpc) is 2.90. The minimum Gasteiger partial charge on any atom is -0.373 e. The van der Waals surface area contributed by atoms with Crippen molar-refractivity contribution in [3.8, 4) is 0 Å². The molecule has 10 heteroatoms. The van der Waals surface area contributed by atoms with Gasteiger partial charge in [0.1, 0.15) is 12.2 Å². The van der Waals surface area contributed by atoms with Gasteiger partial charge in [-0.15, -0.1) is 0 Å². The number of nitrogens with one attached hydrogen (secondary N) is 1. The van der Waals surface area contributed by atoms with E-state index in [-0.39, 0.29) is 34.8 Å². The van der Waals surface area contributed by atoms with Crippen LogP contribution in [0.2, 0.25) is 0 Å². The van der Waals surface area contributed by atoms with Crippen molar-refractivity contribution >= 4 is 40.1 Å². The van der Waals surface area contributed by atoms with Gasteiger partial charge in [0.2, 0.25) is 5.91 Å². The summed E-state index contributed by atoms with van der Waals surface area (Å²) in [6, 6.07) is 8.68. The van der Waals surface area contributed by atoms with Crippen LogP contribution in [0.25, 0.3) is 11.0 Å². The Balaban J connectivity index is 1.86. The molecule has 5 nitrogen and oxygen atoms in total.